The van der Waals surface area contributed by atoms with Gasteiger partial charge in [-0.15, -0.1) is 0 Å². The van der Waals surface area contributed by atoms with Gasteiger partial charge in [-0.25, -0.2) is 0 Å². The zero-order chi connectivity index (χ0) is 10.8. The second kappa shape index (κ2) is 4.52. The lowest BCUT2D eigenvalue weighted by atomic mass is 9.88. The lowest BCUT2D eigenvalue weighted by Gasteiger charge is -2.35. The molecule has 0 aromatic heterocycles. The molecule has 2 unspecified atom stereocenters. The van der Waals surface area contributed by atoms with Crippen molar-refractivity contribution in [2.45, 2.75) is 51.1 Å². The van der Waals surface area contributed by atoms with Crippen molar-refractivity contribution < 1.29 is 9.53 Å². The molecule has 2 aliphatic heterocycles. The third kappa shape index (κ3) is 2.33. The third-order valence-corrected chi connectivity index (χ3v) is 3.96. The van der Waals surface area contributed by atoms with E-state index in [0.717, 1.165) is 12.1 Å². The zero-order valence-corrected chi connectivity index (χ0v) is 9.74. The van der Waals surface area contributed by atoms with E-state index in [9.17, 15) is 4.79 Å². The number of carbonyl (C=O) groups is 1. The van der Waals surface area contributed by atoms with Crippen LogP contribution in [-0.4, -0.2) is 36.6 Å². The summed E-state index contributed by atoms with van der Waals surface area (Å²) in [6, 6.07) is 1.45. The van der Waals surface area contributed by atoms with Gasteiger partial charge in [0.05, 0.1) is 6.61 Å². The Hall–Kier alpha value is -0.570. The Kier molecular flexibility index (Phi) is 3.29. The molecule has 0 amide bonds. The molecule has 2 rings (SSSR count). The summed E-state index contributed by atoms with van der Waals surface area (Å²) >= 11 is 0. The van der Waals surface area contributed by atoms with Gasteiger partial charge in [-0.05, 0) is 45.6 Å². The van der Waals surface area contributed by atoms with E-state index in [-0.39, 0.29) is 5.97 Å². The molecule has 0 radical (unpaired) electrons. The van der Waals surface area contributed by atoms with Crippen molar-refractivity contribution >= 4 is 5.97 Å². The minimum Gasteiger partial charge on any atom is -0.466 e. The highest BCUT2D eigenvalue weighted by atomic mass is 16.5. The molecule has 2 aliphatic rings. The van der Waals surface area contributed by atoms with Gasteiger partial charge in [0.1, 0.15) is 0 Å². The Morgan fingerprint density at radius 3 is 2.47 bits per heavy atom. The fraction of sp³-hybridized carbons (Fsp3) is 0.917. The number of carbonyl (C=O) groups excluding carboxylic acids is 1. The quantitative estimate of drug-likeness (QED) is 0.667. The number of nitrogens with zero attached hydrogens (tertiary/aromatic N) is 1. The lowest BCUT2D eigenvalue weighted by molar-refractivity contribution is -0.144. The number of fused-ring (bicyclic) bond motifs is 2. The average molecular weight is 211 g/mol. The summed E-state index contributed by atoms with van der Waals surface area (Å²) < 4.78 is 5.01. The fourth-order valence-corrected chi connectivity index (χ4v) is 3.15. The summed E-state index contributed by atoms with van der Waals surface area (Å²) in [5.74, 6) is 0.559. The van der Waals surface area contributed by atoms with Gasteiger partial charge in [0, 0.05) is 18.5 Å². The van der Waals surface area contributed by atoms with Gasteiger partial charge >= 0.3 is 5.97 Å². The zero-order valence-electron chi connectivity index (χ0n) is 9.74. The molecule has 2 saturated heterocycles. The summed E-state index contributed by atoms with van der Waals surface area (Å²) in [5, 5.41) is 0. The molecule has 2 atom stereocenters. The number of rotatable bonds is 3. The van der Waals surface area contributed by atoms with Gasteiger partial charge in [-0.2, -0.15) is 0 Å². The number of hydrogen-bond acceptors (Lipinski definition) is 3. The number of hydrogen-bond donors (Lipinski definition) is 0. The number of esters is 1. The highest BCUT2D eigenvalue weighted by Gasteiger charge is 2.38. The van der Waals surface area contributed by atoms with Crippen molar-refractivity contribution in [3.63, 3.8) is 0 Å². The maximum atomic E-state index is 11.4. The molecule has 0 aromatic rings. The molecule has 2 heterocycles. The molecular weight excluding hydrogens is 190 g/mol. The summed E-state index contributed by atoms with van der Waals surface area (Å²) in [5.41, 5.74) is 0. The first-order valence-corrected chi connectivity index (χ1v) is 6.08. The standard InChI is InChI=1S/C12H21NO2/c1-3-15-12(14)8-9-6-10-4-5-11(7-9)13(10)2/h9-11H,3-8H2,1-2H3. The first-order valence-electron chi connectivity index (χ1n) is 6.08. The van der Waals surface area contributed by atoms with Gasteiger partial charge in [-0.1, -0.05) is 0 Å². The van der Waals surface area contributed by atoms with E-state index in [0.29, 0.717) is 18.9 Å². The Morgan fingerprint density at radius 2 is 1.93 bits per heavy atom. The van der Waals surface area contributed by atoms with Crippen LogP contribution in [0.15, 0.2) is 0 Å². The molecule has 3 heteroatoms. The van der Waals surface area contributed by atoms with Crippen LogP contribution in [0.2, 0.25) is 0 Å². The summed E-state index contributed by atoms with van der Waals surface area (Å²) in [4.78, 5) is 13.9. The summed E-state index contributed by atoms with van der Waals surface area (Å²) in [7, 11) is 2.23. The minimum atomic E-state index is -0.00791. The second-order valence-corrected chi connectivity index (χ2v) is 4.90. The first-order chi connectivity index (χ1) is 7.20. The molecule has 0 aliphatic carbocycles. The molecule has 2 fully saturated rings. The molecule has 0 aromatic carbocycles. The van der Waals surface area contributed by atoms with Gasteiger partial charge in [-0.3, -0.25) is 4.79 Å². The van der Waals surface area contributed by atoms with Crippen molar-refractivity contribution in [2.75, 3.05) is 13.7 Å². The first kappa shape index (κ1) is 10.9. The van der Waals surface area contributed by atoms with E-state index < -0.39 is 0 Å². The van der Waals surface area contributed by atoms with E-state index in [1.54, 1.807) is 0 Å². The van der Waals surface area contributed by atoms with Crippen LogP contribution in [0.5, 0.6) is 0 Å². The summed E-state index contributed by atoms with van der Waals surface area (Å²) in [6.45, 7) is 2.38. The average Bonchev–Trinajstić information content (AvgIpc) is 2.43. The number of piperidine rings is 1. The molecule has 0 saturated carbocycles. The van der Waals surface area contributed by atoms with E-state index in [4.69, 9.17) is 4.74 Å². The van der Waals surface area contributed by atoms with Crippen LogP contribution in [0, 0.1) is 5.92 Å². The van der Waals surface area contributed by atoms with Crippen LogP contribution in [0.4, 0.5) is 0 Å². The van der Waals surface area contributed by atoms with Crippen LogP contribution < -0.4 is 0 Å². The SMILES string of the molecule is CCOC(=O)CC1CC2CCC(C1)N2C. The summed E-state index contributed by atoms with van der Waals surface area (Å²) in [6.07, 6.45) is 5.65. The van der Waals surface area contributed by atoms with Crippen molar-refractivity contribution in [3.8, 4) is 0 Å². The van der Waals surface area contributed by atoms with E-state index >= 15 is 0 Å². The van der Waals surface area contributed by atoms with Gasteiger partial charge < -0.3 is 9.64 Å². The molecule has 0 N–H and O–H groups in total. The Morgan fingerprint density at radius 1 is 1.33 bits per heavy atom. The monoisotopic (exact) mass is 211 g/mol. The highest BCUT2D eigenvalue weighted by molar-refractivity contribution is 5.69. The molecule has 2 bridgehead atoms. The minimum absolute atomic E-state index is 0.00791. The van der Waals surface area contributed by atoms with Crippen LogP contribution >= 0.6 is 0 Å². The Balaban J connectivity index is 1.84. The molecule has 15 heavy (non-hydrogen) atoms. The third-order valence-electron chi connectivity index (χ3n) is 3.96. The lowest BCUT2D eigenvalue weighted by Crippen LogP contribution is -2.40. The largest absolute Gasteiger partial charge is 0.466 e. The molecule has 3 nitrogen and oxygen atoms in total. The maximum Gasteiger partial charge on any atom is 0.306 e. The van der Waals surface area contributed by atoms with Crippen LogP contribution in [0.1, 0.15) is 39.0 Å². The van der Waals surface area contributed by atoms with Crippen molar-refractivity contribution in [2.24, 2.45) is 5.92 Å². The van der Waals surface area contributed by atoms with Gasteiger partial charge in [0.2, 0.25) is 0 Å². The van der Waals surface area contributed by atoms with Gasteiger partial charge in [0.25, 0.3) is 0 Å². The van der Waals surface area contributed by atoms with Gasteiger partial charge in [0.15, 0.2) is 0 Å². The highest BCUT2D eigenvalue weighted by Crippen LogP contribution is 2.38. The van der Waals surface area contributed by atoms with Crippen molar-refractivity contribution in [1.29, 1.82) is 0 Å². The van der Waals surface area contributed by atoms with E-state index in [1.165, 1.54) is 25.7 Å². The number of ether oxygens (including phenoxy) is 1. The van der Waals surface area contributed by atoms with Crippen molar-refractivity contribution in [1.82, 2.24) is 4.90 Å². The Bertz CT molecular complexity index is 228. The predicted octanol–water partition coefficient (Wildman–Crippen LogP) is 1.81. The van der Waals surface area contributed by atoms with Crippen LogP contribution in [-0.2, 0) is 9.53 Å². The predicted molar refractivity (Wildman–Crippen MR) is 58.5 cm³/mol. The maximum absolute atomic E-state index is 11.4. The second-order valence-electron chi connectivity index (χ2n) is 4.90. The van der Waals surface area contributed by atoms with E-state index in [2.05, 4.69) is 11.9 Å². The molecule has 86 valence electrons. The normalized spacial score (nSPS) is 35.5. The smallest absolute Gasteiger partial charge is 0.306 e. The van der Waals surface area contributed by atoms with Crippen LogP contribution in [0.25, 0.3) is 0 Å². The van der Waals surface area contributed by atoms with E-state index in [1.807, 2.05) is 6.92 Å². The molecular formula is C12H21NO2. The Labute approximate surface area is 91.8 Å². The fourth-order valence-electron chi connectivity index (χ4n) is 3.15. The molecule has 0 spiro atoms. The topological polar surface area (TPSA) is 29.5 Å². The van der Waals surface area contributed by atoms with Crippen molar-refractivity contribution in [3.05, 3.63) is 0 Å². The van der Waals surface area contributed by atoms with Crippen LogP contribution in [0.3, 0.4) is 0 Å².